The van der Waals surface area contributed by atoms with Gasteiger partial charge in [-0.2, -0.15) is 4.98 Å². The van der Waals surface area contributed by atoms with Crippen LogP contribution in [0.4, 0.5) is 11.5 Å². The van der Waals surface area contributed by atoms with E-state index in [0.717, 1.165) is 16.7 Å². The molecule has 0 saturated heterocycles. The Kier molecular flexibility index (Phi) is 5.52. The van der Waals surface area contributed by atoms with Gasteiger partial charge >= 0.3 is 11.6 Å². The first kappa shape index (κ1) is 18.6. The average Bonchev–Trinajstić information content (AvgIpc) is 2.60. The summed E-state index contributed by atoms with van der Waals surface area (Å²) in [5, 5.41) is 15.1. The Hall–Kier alpha value is -3.19. The van der Waals surface area contributed by atoms with E-state index in [-0.39, 0.29) is 23.9 Å². The molecule has 0 atom stereocenters. The van der Waals surface area contributed by atoms with E-state index in [1.807, 2.05) is 38.1 Å². The van der Waals surface area contributed by atoms with E-state index < -0.39 is 4.92 Å². The van der Waals surface area contributed by atoms with Crippen molar-refractivity contribution in [2.45, 2.75) is 20.4 Å². The number of nitro groups is 1. The SMILES string of the molecule is Cc1cc(C)cc(Oc2ncnc(NCc3ccccc3Cl)c2[N+](=O)[O-])c1. The molecule has 0 radical (unpaired) electrons. The Morgan fingerprint density at radius 2 is 1.85 bits per heavy atom. The van der Waals surface area contributed by atoms with Crippen LogP contribution in [-0.4, -0.2) is 14.9 Å². The summed E-state index contributed by atoms with van der Waals surface area (Å²) in [6.45, 7) is 4.12. The van der Waals surface area contributed by atoms with Crippen molar-refractivity contribution < 1.29 is 9.66 Å². The molecule has 0 spiro atoms. The Labute approximate surface area is 161 Å². The number of ether oxygens (including phenoxy) is 1. The van der Waals surface area contributed by atoms with Crippen molar-refractivity contribution in [2.75, 3.05) is 5.32 Å². The molecule has 2 aromatic carbocycles. The van der Waals surface area contributed by atoms with Crippen LogP contribution in [0.2, 0.25) is 5.02 Å². The highest BCUT2D eigenvalue weighted by Gasteiger charge is 2.25. The molecule has 0 aliphatic rings. The highest BCUT2D eigenvalue weighted by molar-refractivity contribution is 6.31. The highest BCUT2D eigenvalue weighted by atomic mass is 35.5. The zero-order valence-electron chi connectivity index (χ0n) is 14.8. The second-order valence-corrected chi connectivity index (χ2v) is 6.41. The van der Waals surface area contributed by atoms with Crippen LogP contribution in [0.25, 0.3) is 0 Å². The first-order chi connectivity index (χ1) is 12.9. The molecule has 27 heavy (non-hydrogen) atoms. The molecule has 3 aromatic rings. The van der Waals surface area contributed by atoms with Crippen molar-refractivity contribution in [3.63, 3.8) is 0 Å². The molecule has 3 rings (SSSR count). The summed E-state index contributed by atoms with van der Waals surface area (Å²) in [4.78, 5) is 19.0. The van der Waals surface area contributed by atoms with Crippen LogP contribution in [0.15, 0.2) is 48.8 Å². The third kappa shape index (κ3) is 4.51. The Morgan fingerprint density at radius 1 is 1.15 bits per heavy atom. The van der Waals surface area contributed by atoms with Gasteiger partial charge in [-0.3, -0.25) is 10.1 Å². The van der Waals surface area contributed by atoms with E-state index in [9.17, 15) is 10.1 Å². The molecule has 0 saturated carbocycles. The van der Waals surface area contributed by atoms with Crippen LogP contribution >= 0.6 is 11.6 Å². The Morgan fingerprint density at radius 3 is 2.52 bits per heavy atom. The van der Waals surface area contributed by atoms with Gasteiger partial charge in [0, 0.05) is 11.6 Å². The van der Waals surface area contributed by atoms with E-state index in [0.29, 0.717) is 10.8 Å². The fourth-order valence-corrected chi connectivity index (χ4v) is 2.86. The van der Waals surface area contributed by atoms with Crippen molar-refractivity contribution in [2.24, 2.45) is 0 Å². The number of nitrogens with zero attached hydrogens (tertiary/aromatic N) is 3. The summed E-state index contributed by atoms with van der Waals surface area (Å²) in [6.07, 6.45) is 1.22. The predicted octanol–water partition coefficient (Wildman–Crippen LogP) is 5.06. The standard InChI is InChI=1S/C19H17ClN4O3/c1-12-7-13(2)9-15(8-12)27-19-17(24(25)26)18(22-11-23-19)21-10-14-5-3-4-6-16(14)20/h3-9,11H,10H2,1-2H3,(H,21,22,23). The van der Waals surface area contributed by atoms with Crippen molar-refractivity contribution >= 4 is 23.1 Å². The lowest BCUT2D eigenvalue weighted by Gasteiger charge is -2.11. The summed E-state index contributed by atoms with van der Waals surface area (Å²) >= 11 is 6.13. The van der Waals surface area contributed by atoms with Gasteiger partial charge in [0.25, 0.3) is 0 Å². The number of aromatic nitrogens is 2. The third-order valence-corrected chi connectivity index (χ3v) is 4.15. The molecule has 0 unspecified atom stereocenters. The number of hydrogen-bond acceptors (Lipinski definition) is 6. The minimum atomic E-state index is -0.563. The van der Waals surface area contributed by atoms with Crippen LogP contribution in [0.1, 0.15) is 16.7 Å². The topological polar surface area (TPSA) is 90.2 Å². The summed E-state index contributed by atoms with van der Waals surface area (Å²) in [6, 6.07) is 12.8. The van der Waals surface area contributed by atoms with Gasteiger partial charge in [0.05, 0.1) is 4.92 Å². The molecular weight excluding hydrogens is 368 g/mol. The second-order valence-electron chi connectivity index (χ2n) is 6.00. The lowest BCUT2D eigenvalue weighted by atomic mass is 10.1. The monoisotopic (exact) mass is 384 g/mol. The van der Waals surface area contributed by atoms with Gasteiger partial charge in [-0.05, 0) is 48.7 Å². The predicted molar refractivity (Wildman–Crippen MR) is 103 cm³/mol. The Balaban J connectivity index is 1.90. The van der Waals surface area contributed by atoms with Gasteiger partial charge in [0.15, 0.2) is 0 Å². The van der Waals surface area contributed by atoms with Gasteiger partial charge in [-0.25, -0.2) is 4.98 Å². The van der Waals surface area contributed by atoms with Crippen molar-refractivity contribution in [1.82, 2.24) is 9.97 Å². The van der Waals surface area contributed by atoms with E-state index in [1.54, 1.807) is 18.2 Å². The number of aryl methyl sites for hydroxylation is 2. The maximum absolute atomic E-state index is 11.6. The zero-order valence-corrected chi connectivity index (χ0v) is 15.5. The smallest absolute Gasteiger partial charge is 0.373 e. The Bertz CT molecular complexity index is 974. The molecule has 0 fully saturated rings. The first-order valence-corrected chi connectivity index (χ1v) is 8.54. The van der Waals surface area contributed by atoms with Crippen LogP contribution in [0.5, 0.6) is 11.6 Å². The van der Waals surface area contributed by atoms with Crippen molar-refractivity contribution in [3.8, 4) is 11.6 Å². The van der Waals surface area contributed by atoms with Crippen LogP contribution in [-0.2, 0) is 6.54 Å². The molecular formula is C19H17ClN4O3. The molecule has 0 bridgehead atoms. The molecule has 8 heteroatoms. The zero-order chi connectivity index (χ0) is 19.4. The molecule has 1 N–H and O–H groups in total. The van der Waals surface area contributed by atoms with Gasteiger partial charge in [-0.1, -0.05) is 35.9 Å². The fourth-order valence-electron chi connectivity index (χ4n) is 2.66. The lowest BCUT2D eigenvalue weighted by Crippen LogP contribution is -2.07. The molecule has 1 aromatic heterocycles. The molecule has 7 nitrogen and oxygen atoms in total. The lowest BCUT2D eigenvalue weighted by molar-refractivity contribution is -0.385. The highest BCUT2D eigenvalue weighted by Crippen LogP contribution is 2.34. The average molecular weight is 385 g/mol. The minimum absolute atomic E-state index is 0.0642. The molecule has 1 heterocycles. The number of halogens is 1. The number of hydrogen-bond donors (Lipinski definition) is 1. The summed E-state index contributed by atoms with van der Waals surface area (Å²) in [5.74, 6) is 0.419. The van der Waals surface area contributed by atoms with Gasteiger partial charge < -0.3 is 10.1 Å². The summed E-state index contributed by atoms with van der Waals surface area (Å²) in [5.41, 5.74) is 2.44. The molecule has 0 amide bonds. The van der Waals surface area contributed by atoms with Gasteiger partial charge in [0.1, 0.15) is 12.1 Å². The van der Waals surface area contributed by atoms with E-state index >= 15 is 0 Å². The quantitative estimate of drug-likeness (QED) is 0.472. The van der Waals surface area contributed by atoms with E-state index in [4.69, 9.17) is 16.3 Å². The third-order valence-electron chi connectivity index (χ3n) is 3.79. The second kappa shape index (κ2) is 8.01. The molecule has 0 aliphatic carbocycles. The van der Waals surface area contributed by atoms with Gasteiger partial charge in [0.2, 0.25) is 5.82 Å². The summed E-state index contributed by atoms with van der Waals surface area (Å²) < 4.78 is 5.69. The molecule has 0 aliphatic heterocycles. The number of anilines is 1. The van der Waals surface area contributed by atoms with Crippen LogP contribution in [0, 0.1) is 24.0 Å². The van der Waals surface area contributed by atoms with Crippen molar-refractivity contribution in [3.05, 3.63) is 80.6 Å². The number of nitrogens with one attached hydrogen (secondary N) is 1. The minimum Gasteiger partial charge on any atom is -0.434 e. The number of rotatable bonds is 6. The first-order valence-electron chi connectivity index (χ1n) is 8.17. The van der Waals surface area contributed by atoms with E-state index in [2.05, 4.69) is 15.3 Å². The molecule has 138 valence electrons. The maximum Gasteiger partial charge on any atom is 0.373 e. The largest absolute Gasteiger partial charge is 0.434 e. The maximum atomic E-state index is 11.6. The fraction of sp³-hybridized carbons (Fsp3) is 0.158. The van der Waals surface area contributed by atoms with E-state index in [1.165, 1.54) is 6.33 Å². The number of benzene rings is 2. The van der Waals surface area contributed by atoms with Crippen LogP contribution < -0.4 is 10.1 Å². The summed E-state index contributed by atoms with van der Waals surface area (Å²) in [7, 11) is 0. The van der Waals surface area contributed by atoms with Crippen molar-refractivity contribution in [1.29, 1.82) is 0 Å². The van der Waals surface area contributed by atoms with Crippen LogP contribution in [0.3, 0.4) is 0 Å². The normalized spacial score (nSPS) is 10.5. The van der Waals surface area contributed by atoms with Gasteiger partial charge in [-0.15, -0.1) is 0 Å².